The fourth-order valence-corrected chi connectivity index (χ4v) is 2.70. The lowest BCUT2D eigenvalue weighted by Crippen LogP contribution is -2.16. The van der Waals surface area contributed by atoms with Crippen LogP contribution in [0.4, 0.5) is 19.1 Å². The number of ether oxygens (including phenoxy) is 1. The molecule has 0 spiro atoms. The molecule has 0 saturated carbocycles. The van der Waals surface area contributed by atoms with Gasteiger partial charge in [-0.1, -0.05) is 36.4 Å². The van der Waals surface area contributed by atoms with Crippen LogP contribution in [0.25, 0.3) is 11.3 Å². The molecule has 0 atom stereocenters. The Morgan fingerprint density at radius 2 is 1.93 bits per heavy atom. The predicted octanol–water partition coefficient (Wildman–Crippen LogP) is 3.78. The first-order chi connectivity index (χ1) is 14.3. The molecular weight excluding hydrogens is 399 g/mol. The molecule has 1 heterocycles. The van der Waals surface area contributed by atoms with Crippen molar-refractivity contribution in [3.8, 4) is 23.1 Å². The molecule has 3 aromatic rings. The number of hydrogen-bond donors (Lipinski definition) is 2. The van der Waals surface area contributed by atoms with Crippen molar-refractivity contribution < 1.29 is 17.9 Å². The Labute approximate surface area is 168 Å². The molecule has 0 amide bonds. The summed E-state index contributed by atoms with van der Waals surface area (Å²) in [7, 11) is 1.24. The maximum Gasteiger partial charge on any atom is 0.417 e. The molecule has 10 heteroatoms. The van der Waals surface area contributed by atoms with Crippen molar-refractivity contribution in [2.45, 2.75) is 6.18 Å². The minimum atomic E-state index is -4.61. The van der Waals surface area contributed by atoms with Gasteiger partial charge in [0.15, 0.2) is 0 Å². The van der Waals surface area contributed by atoms with Crippen molar-refractivity contribution in [1.82, 2.24) is 9.97 Å². The van der Waals surface area contributed by atoms with E-state index in [-0.39, 0.29) is 28.5 Å². The lowest BCUT2D eigenvalue weighted by molar-refractivity contribution is -0.137. The molecule has 0 aliphatic heterocycles. The highest BCUT2D eigenvalue weighted by Gasteiger charge is 2.34. The molecule has 0 fully saturated rings. The van der Waals surface area contributed by atoms with Gasteiger partial charge in [0.05, 0.1) is 24.6 Å². The molecule has 0 saturated heterocycles. The third-order valence-corrected chi connectivity index (χ3v) is 4.03. The van der Waals surface area contributed by atoms with Gasteiger partial charge in [-0.2, -0.15) is 23.5 Å². The Morgan fingerprint density at radius 1 is 1.20 bits per heavy atom. The first kappa shape index (κ1) is 20.6. The lowest BCUT2D eigenvalue weighted by Gasteiger charge is -2.13. The van der Waals surface area contributed by atoms with Gasteiger partial charge in [-0.05, 0) is 12.1 Å². The van der Waals surface area contributed by atoms with Crippen LogP contribution in [0.1, 0.15) is 16.7 Å². The highest BCUT2D eigenvalue weighted by atomic mass is 19.4. The van der Waals surface area contributed by atoms with Crippen molar-refractivity contribution in [2.24, 2.45) is 5.10 Å². The predicted molar refractivity (Wildman–Crippen MR) is 104 cm³/mol. The molecular formula is C20H14F3N5O2. The largest absolute Gasteiger partial charge is 0.496 e. The van der Waals surface area contributed by atoms with Gasteiger partial charge in [0, 0.05) is 11.1 Å². The minimum Gasteiger partial charge on any atom is -0.496 e. The molecule has 3 rings (SSSR count). The van der Waals surface area contributed by atoms with Crippen LogP contribution in [-0.2, 0) is 6.18 Å². The van der Waals surface area contributed by atoms with Crippen molar-refractivity contribution >= 4 is 12.2 Å². The number of benzene rings is 2. The summed E-state index contributed by atoms with van der Waals surface area (Å²) in [6.07, 6.45) is -3.70. The number of aromatic amines is 1. The van der Waals surface area contributed by atoms with E-state index in [1.54, 1.807) is 36.4 Å². The number of hydrazone groups is 1. The summed E-state index contributed by atoms with van der Waals surface area (Å²) in [5, 5.41) is 13.0. The molecule has 0 unspecified atom stereocenters. The third-order valence-electron chi connectivity index (χ3n) is 4.03. The smallest absolute Gasteiger partial charge is 0.417 e. The molecule has 2 N–H and O–H groups in total. The number of methoxy groups -OCH3 is 1. The van der Waals surface area contributed by atoms with Gasteiger partial charge < -0.3 is 4.74 Å². The average molecular weight is 413 g/mol. The lowest BCUT2D eigenvalue weighted by atomic mass is 10.1. The highest BCUT2D eigenvalue weighted by Crippen LogP contribution is 2.35. The fourth-order valence-electron chi connectivity index (χ4n) is 2.70. The molecule has 152 valence electrons. The van der Waals surface area contributed by atoms with E-state index in [1.165, 1.54) is 19.2 Å². The van der Waals surface area contributed by atoms with E-state index in [1.807, 2.05) is 0 Å². The number of nitriles is 1. The van der Waals surface area contributed by atoms with Crippen LogP contribution >= 0.6 is 0 Å². The number of aromatic nitrogens is 2. The molecule has 2 aromatic carbocycles. The molecule has 7 nitrogen and oxygen atoms in total. The SMILES string of the molecule is COc1cccc(C(F)(F)F)c1C=NNc1nc(-c2ccccc2)c(C#N)c(=O)[nH]1. The third kappa shape index (κ3) is 4.30. The Kier molecular flexibility index (Phi) is 5.83. The van der Waals surface area contributed by atoms with Gasteiger partial charge in [0.1, 0.15) is 17.4 Å². The minimum absolute atomic E-state index is 0.0263. The number of alkyl halides is 3. The quantitative estimate of drug-likeness (QED) is 0.489. The van der Waals surface area contributed by atoms with Crippen LogP contribution in [0, 0.1) is 11.3 Å². The van der Waals surface area contributed by atoms with E-state index in [9.17, 15) is 23.2 Å². The zero-order valence-electron chi connectivity index (χ0n) is 15.5. The molecule has 30 heavy (non-hydrogen) atoms. The second-order valence-corrected chi connectivity index (χ2v) is 5.91. The van der Waals surface area contributed by atoms with E-state index < -0.39 is 17.3 Å². The van der Waals surface area contributed by atoms with E-state index in [2.05, 4.69) is 20.5 Å². The van der Waals surface area contributed by atoms with E-state index in [0.717, 1.165) is 12.3 Å². The van der Waals surface area contributed by atoms with Crippen LogP contribution in [0.2, 0.25) is 0 Å². The normalized spacial score (nSPS) is 11.3. The summed E-state index contributed by atoms with van der Waals surface area (Å²) < 4.78 is 44.8. The maximum atomic E-state index is 13.3. The summed E-state index contributed by atoms with van der Waals surface area (Å²) in [4.78, 5) is 18.7. The monoisotopic (exact) mass is 413 g/mol. The van der Waals surface area contributed by atoms with Crippen LogP contribution in [0.15, 0.2) is 58.4 Å². The Morgan fingerprint density at radius 3 is 2.57 bits per heavy atom. The van der Waals surface area contributed by atoms with Crippen LogP contribution in [0.5, 0.6) is 5.75 Å². The molecule has 0 aliphatic carbocycles. The number of hydrogen-bond acceptors (Lipinski definition) is 6. The number of anilines is 1. The van der Waals surface area contributed by atoms with Crippen molar-refractivity contribution in [3.63, 3.8) is 0 Å². The summed E-state index contributed by atoms with van der Waals surface area (Å²) in [5.74, 6) is -0.167. The topological polar surface area (TPSA) is 103 Å². The number of nitrogens with zero attached hydrogens (tertiary/aromatic N) is 3. The second kappa shape index (κ2) is 8.48. The van der Waals surface area contributed by atoms with Crippen molar-refractivity contribution in [1.29, 1.82) is 5.26 Å². The fraction of sp³-hybridized carbons (Fsp3) is 0.100. The summed E-state index contributed by atoms with van der Waals surface area (Å²) in [6.45, 7) is 0. The van der Waals surface area contributed by atoms with Gasteiger partial charge in [-0.15, -0.1) is 0 Å². The van der Waals surface area contributed by atoms with Crippen molar-refractivity contribution in [2.75, 3.05) is 12.5 Å². The van der Waals surface area contributed by atoms with E-state index in [0.29, 0.717) is 5.56 Å². The Balaban J connectivity index is 1.98. The molecule has 0 radical (unpaired) electrons. The highest BCUT2D eigenvalue weighted by molar-refractivity contribution is 5.86. The Bertz CT molecular complexity index is 1180. The first-order valence-corrected chi connectivity index (χ1v) is 8.48. The second-order valence-electron chi connectivity index (χ2n) is 5.91. The zero-order valence-corrected chi connectivity index (χ0v) is 15.5. The Hall–Kier alpha value is -4.13. The maximum absolute atomic E-state index is 13.3. The summed E-state index contributed by atoms with van der Waals surface area (Å²) in [5.41, 5.74) is 0.909. The van der Waals surface area contributed by atoms with Crippen molar-refractivity contribution in [3.05, 3.63) is 75.6 Å². The number of halogens is 3. The average Bonchev–Trinajstić information content (AvgIpc) is 2.73. The van der Waals surface area contributed by atoms with Gasteiger partial charge in [-0.3, -0.25) is 9.78 Å². The zero-order chi connectivity index (χ0) is 21.7. The van der Waals surface area contributed by atoms with Gasteiger partial charge >= 0.3 is 6.18 Å². The molecule has 0 bridgehead atoms. The standard InChI is InChI=1S/C20H14F3N5O2/c1-30-16-9-5-8-15(20(21,22)23)14(16)11-25-28-19-26-17(12-6-3-2-4-7-12)13(10-24)18(29)27-19/h2-9,11H,1H3,(H2,26,27,28,29). The molecule has 1 aromatic heterocycles. The number of H-pyrrole nitrogens is 1. The van der Waals surface area contributed by atoms with Gasteiger partial charge in [0.2, 0.25) is 5.95 Å². The summed E-state index contributed by atoms with van der Waals surface area (Å²) in [6, 6.07) is 13.8. The van der Waals surface area contributed by atoms with Crippen LogP contribution in [-0.4, -0.2) is 23.3 Å². The van der Waals surface area contributed by atoms with Gasteiger partial charge in [0.25, 0.3) is 5.56 Å². The summed E-state index contributed by atoms with van der Waals surface area (Å²) >= 11 is 0. The van der Waals surface area contributed by atoms with E-state index >= 15 is 0 Å². The van der Waals surface area contributed by atoms with Gasteiger partial charge in [-0.25, -0.2) is 10.4 Å². The van der Waals surface area contributed by atoms with Crippen LogP contribution in [0.3, 0.4) is 0 Å². The number of rotatable bonds is 5. The van der Waals surface area contributed by atoms with E-state index in [4.69, 9.17) is 4.74 Å². The number of nitrogens with one attached hydrogen (secondary N) is 2. The first-order valence-electron chi connectivity index (χ1n) is 8.48. The van der Waals surface area contributed by atoms with Crippen LogP contribution < -0.4 is 15.7 Å². The molecule has 0 aliphatic rings.